The Morgan fingerprint density at radius 1 is 1.07 bits per heavy atom. The Bertz CT molecular complexity index is 894. The van der Waals surface area contributed by atoms with Crippen LogP contribution in [0.1, 0.15) is 36.5 Å². The Morgan fingerprint density at radius 2 is 1.81 bits per heavy atom. The number of hydroxylamine groups is 1. The number of pyridine rings is 2. The van der Waals surface area contributed by atoms with E-state index in [9.17, 15) is 5.21 Å². The van der Waals surface area contributed by atoms with Crippen LogP contribution in [0.5, 0.6) is 11.6 Å². The summed E-state index contributed by atoms with van der Waals surface area (Å²) < 4.78 is 5.93. The predicted molar refractivity (Wildman–Crippen MR) is 104 cm³/mol. The second kappa shape index (κ2) is 8.91. The lowest BCUT2D eigenvalue weighted by Crippen LogP contribution is -2.21. The van der Waals surface area contributed by atoms with Crippen LogP contribution < -0.4 is 10.2 Å². The van der Waals surface area contributed by atoms with E-state index in [2.05, 4.69) is 34.3 Å². The van der Waals surface area contributed by atoms with Gasteiger partial charge in [0.15, 0.2) is 5.84 Å². The van der Waals surface area contributed by atoms with Gasteiger partial charge in [-0.1, -0.05) is 26.0 Å². The number of nitrogens with zero attached hydrogens (tertiary/aromatic N) is 3. The third kappa shape index (κ3) is 4.89. The first-order valence-corrected chi connectivity index (χ1v) is 8.74. The summed E-state index contributed by atoms with van der Waals surface area (Å²) in [6, 6.07) is 15.2. The molecule has 0 unspecified atom stereocenters. The van der Waals surface area contributed by atoms with E-state index in [4.69, 9.17) is 4.74 Å². The van der Waals surface area contributed by atoms with Crippen molar-refractivity contribution in [3.05, 3.63) is 83.8 Å². The second-order valence-corrected chi connectivity index (χ2v) is 6.31. The quantitative estimate of drug-likeness (QED) is 0.388. The van der Waals surface area contributed by atoms with Gasteiger partial charge in [0.25, 0.3) is 0 Å². The van der Waals surface area contributed by atoms with Crippen LogP contribution in [-0.2, 0) is 6.54 Å². The summed E-state index contributed by atoms with van der Waals surface area (Å²) in [6.45, 7) is 4.68. The molecule has 2 heterocycles. The lowest BCUT2D eigenvalue weighted by Gasteiger charge is -2.12. The minimum atomic E-state index is 0.286. The Kier molecular flexibility index (Phi) is 6.12. The second-order valence-electron chi connectivity index (χ2n) is 6.31. The molecule has 0 saturated carbocycles. The summed E-state index contributed by atoms with van der Waals surface area (Å²) in [5.74, 6) is 1.78. The third-order valence-electron chi connectivity index (χ3n) is 4.06. The summed E-state index contributed by atoms with van der Waals surface area (Å²) in [5.41, 5.74) is 4.94. The summed E-state index contributed by atoms with van der Waals surface area (Å²) in [7, 11) is 0. The van der Waals surface area contributed by atoms with Gasteiger partial charge < -0.3 is 4.74 Å². The molecule has 0 fully saturated rings. The van der Waals surface area contributed by atoms with E-state index in [0.717, 1.165) is 5.56 Å². The number of amidine groups is 1. The lowest BCUT2D eigenvalue weighted by atomic mass is 10.0. The van der Waals surface area contributed by atoms with Gasteiger partial charge in [-0.05, 0) is 53.4 Å². The van der Waals surface area contributed by atoms with Crippen molar-refractivity contribution in [3.63, 3.8) is 0 Å². The zero-order valence-electron chi connectivity index (χ0n) is 15.3. The van der Waals surface area contributed by atoms with Crippen molar-refractivity contribution in [2.24, 2.45) is 4.99 Å². The molecule has 0 spiro atoms. The Morgan fingerprint density at radius 3 is 2.48 bits per heavy atom. The van der Waals surface area contributed by atoms with Crippen LogP contribution in [0, 0.1) is 0 Å². The van der Waals surface area contributed by atoms with E-state index in [1.165, 1.54) is 5.56 Å². The lowest BCUT2D eigenvalue weighted by molar-refractivity contribution is 0.234. The number of benzene rings is 1. The highest BCUT2D eigenvalue weighted by molar-refractivity contribution is 6.00. The maximum Gasteiger partial charge on any atom is 0.230 e. The van der Waals surface area contributed by atoms with Gasteiger partial charge in [-0.15, -0.1) is 0 Å². The molecule has 0 radical (unpaired) electrons. The van der Waals surface area contributed by atoms with Crippen molar-refractivity contribution in [1.82, 2.24) is 15.4 Å². The number of ether oxygens (including phenoxy) is 1. The van der Waals surface area contributed by atoms with Gasteiger partial charge in [0.1, 0.15) is 5.75 Å². The predicted octanol–water partition coefficient (Wildman–Crippen LogP) is 4.32. The highest BCUT2D eigenvalue weighted by Crippen LogP contribution is 2.25. The first kappa shape index (κ1) is 18.5. The smallest absolute Gasteiger partial charge is 0.230 e. The highest BCUT2D eigenvalue weighted by atomic mass is 16.5. The van der Waals surface area contributed by atoms with Crippen LogP contribution in [0.15, 0.2) is 72.1 Å². The van der Waals surface area contributed by atoms with Crippen molar-refractivity contribution in [3.8, 4) is 11.6 Å². The van der Waals surface area contributed by atoms with Crippen LogP contribution in [0.25, 0.3) is 0 Å². The van der Waals surface area contributed by atoms with Gasteiger partial charge >= 0.3 is 0 Å². The molecule has 138 valence electrons. The minimum absolute atomic E-state index is 0.286. The molecule has 0 saturated heterocycles. The van der Waals surface area contributed by atoms with E-state index < -0.39 is 0 Å². The SMILES string of the molecule is CC(C)c1ccc(Oc2ncccc2C(=NCc2ccncc2)NO)cc1. The molecule has 2 aromatic heterocycles. The van der Waals surface area contributed by atoms with E-state index in [0.29, 0.717) is 29.7 Å². The summed E-state index contributed by atoms with van der Waals surface area (Å²) in [5, 5.41) is 9.57. The van der Waals surface area contributed by atoms with E-state index in [1.807, 2.05) is 36.4 Å². The van der Waals surface area contributed by atoms with Gasteiger partial charge in [-0.3, -0.25) is 20.7 Å². The standard InChI is InChI=1S/C21H22N4O2/c1-15(2)17-5-7-18(8-6-17)27-21-19(4-3-11-23-21)20(25-26)24-14-16-9-12-22-13-10-16/h3-13,15,26H,14H2,1-2H3,(H,24,25). The maximum atomic E-state index is 9.57. The molecule has 0 amide bonds. The van der Waals surface area contributed by atoms with Gasteiger partial charge in [-0.25, -0.2) is 4.98 Å². The number of hydrogen-bond donors (Lipinski definition) is 2. The molecule has 0 aliphatic heterocycles. The Labute approximate surface area is 158 Å². The van der Waals surface area contributed by atoms with Crippen LogP contribution in [0.2, 0.25) is 0 Å². The zero-order chi connectivity index (χ0) is 19.1. The molecule has 27 heavy (non-hydrogen) atoms. The molecule has 3 rings (SSSR count). The number of aromatic nitrogens is 2. The minimum Gasteiger partial charge on any atom is -0.438 e. The van der Waals surface area contributed by atoms with Gasteiger partial charge in [0, 0.05) is 18.6 Å². The number of hydrogen-bond acceptors (Lipinski definition) is 5. The van der Waals surface area contributed by atoms with Gasteiger partial charge in [-0.2, -0.15) is 0 Å². The summed E-state index contributed by atoms with van der Waals surface area (Å²) in [4.78, 5) is 12.7. The maximum absolute atomic E-state index is 9.57. The topological polar surface area (TPSA) is 79.6 Å². The molecule has 0 atom stereocenters. The van der Waals surface area contributed by atoms with Gasteiger partial charge in [0.05, 0.1) is 12.1 Å². The molecule has 6 nitrogen and oxygen atoms in total. The molecule has 2 N–H and O–H groups in total. The number of aliphatic imine (C=N–C) groups is 1. The van der Waals surface area contributed by atoms with Crippen LogP contribution in [-0.4, -0.2) is 21.0 Å². The zero-order valence-corrected chi connectivity index (χ0v) is 15.3. The molecule has 6 heteroatoms. The molecular formula is C21H22N4O2. The van der Waals surface area contributed by atoms with E-state index >= 15 is 0 Å². The average molecular weight is 362 g/mol. The van der Waals surface area contributed by atoms with Crippen LogP contribution >= 0.6 is 0 Å². The number of nitrogens with one attached hydrogen (secondary N) is 1. The molecule has 0 aliphatic carbocycles. The van der Waals surface area contributed by atoms with Crippen molar-refractivity contribution in [2.75, 3.05) is 0 Å². The Hall–Kier alpha value is -3.25. The molecule has 0 bridgehead atoms. The normalized spacial score (nSPS) is 11.5. The van der Waals surface area contributed by atoms with E-state index in [1.54, 1.807) is 30.7 Å². The van der Waals surface area contributed by atoms with Crippen molar-refractivity contribution in [2.45, 2.75) is 26.3 Å². The van der Waals surface area contributed by atoms with Crippen molar-refractivity contribution < 1.29 is 9.94 Å². The van der Waals surface area contributed by atoms with Crippen molar-refractivity contribution >= 4 is 5.84 Å². The van der Waals surface area contributed by atoms with Gasteiger partial charge in [0.2, 0.25) is 5.88 Å². The van der Waals surface area contributed by atoms with Crippen LogP contribution in [0.4, 0.5) is 0 Å². The molecular weight excluding hydrogens is 340 g/mol. The largest absolute Gasteiger partial charge is 0.438 e. The Balaban J connectivity index is 1.83. The molecule has 0 aliphatic rings. The fraction of sp³-hybridized carbons (Fsp3) is 0.190. The first-order chi connectivity index (χ1) is 13.2. The molecule has 1 aromatic carbocycles. The van der Waals surface area contributed by atoms with E-state index in [-0.39, 0.29) is 5.84 Å². The monoisotopic (exact) mass is 362 g/mol. The third-order valence-corrected chi connectivity index (χ3v) is 4.06. The average Bonchev–Trinajstić information content (AvgIpc) is 2.71. The highest BCUT2D eigenvalue weighted by Gasteiger charge is 2.12. The summed E-state index contributed by atoms with van der Waals surface area (Å²) >= 11 is 0. The van der Waals surface area contributed by atoms with Crippen molar-refractivity contribution in [1.29, 1.82) is 0 Å². The number of rotatable bonds is 6. The summed E-state index contributed by atoms with van der Waals surface area (Å²) in [6.07, 6.45) is 5.05. The fourth-order valence-corrected chi connectivity index (χ4v) is 2.52. The molecule has 3 aromatic rings. The van der Waals surface area contributed by atoms with Crippen LogP contribution in [0.3, 0.4) is 0 Å². The fourth-order valence-electron chi connectivity index (χ4n) is 2.52. The first-order valence-electron chi connectivity index (χ1n) is 8.74.